The number of ether oxygens (including phenoxy) is 1. The van der Waals surface area contributed by atoms with E-state index in [0.717, 1.165) is 5.75 Å². The van der Waals surface area contributed by atoms with Crippen LogP contribution in [-0.2, 0) is 0 Å². The zero-order valence-electron chi connectivity index (χ0n) is 12.9. The van der Waals surface area contributed by atoms with Gasteiger partial charge >= 0.3 is 0 Å². The van der Waals surface area contributed by atoms with Crippen LogP contribution >= 0.6 is 11.3 Å². The third-order valence-corrected chi connectivity index (χ3v) is 5.56. The first-order valence-electron chi connectivity index (χ1n) is 7.62. The van der Waals surface area contributed by atoms with Gasteiger partial charge in [0.2, 0.25) is 0 Å². The van der Waals surface area contributed by atoms with E-state index in [1.54, 1.807) is 7.11 Å². The summed E-state index contributed by atoms with van der Waals surface area (Å²) in [7, 11) is 1.73. The Labute approximate surface area is 131 Å². The summed E-state index contributed by atoms with van der Waals surface area (Å²) in [5.41, 5.74) is 1.41. The maximum Gasteiger partial charge on any atom is 0.119 e. The predicted molar refractivity (Wildman–Crippen MR) is 89.4 cm³/mol. The Morgan fingerprint density at radius 1 is 1.24 bits per heavy atom. The lowest BCUT2D eigenvalue weighted by atomic mass is 9.75. The molecule has 0 radical (unpaired) electrons. The van der Waals surface area contributed by atoms with Crippen LogP contribution in [0.4, 0.5) is 0 Å². The number of hydrogen-bond acceptors (Lipinski definition) is 3. The van der Waals surface area contributed by atoms with Crippen LogP contribution in [-0.4, -0.2) is 13.2 Å². The van der Waals surface area contributed by atoms with Crippen molar-refractivity contribution >= 4 is 11.3 Å². The molecule has 1 aromatic heterocycles. The Morgan fingerprint density at radius 2 is 2.05 bits per heavy atom. The van der Waals surface area contributed by atoms with Crippen LogP contribution in [0.15, 0.2) is 36.4 Å². The van der Waals surface area contributed by atoms with E-state index in [2.05, 4.69) is 49.5 Å². The molecule has 1 N–H and O–H groups in total. The van der Waals surface area contributed by atoms with Gasteiger partial charge in [0, 0.05) is 21.8 Å². The SMILES string of the molecule is COc1cccc(C2CC(NC(C)c3ccc(C)s3)C2)c1. The minimum atomic E-state index is 0.458. The van der Waals surface area contributed by atoms with Gasteiger partial charge in [0.1, 0.15) is 5.75 Å². The van der Waals surface area contributed by atoms with Crippen LogP contribution in [0.1, 0.15) is 47.0 Å². The second kappa shape index (κ2) is 6.20. The van der Waals surface area contributed by atoms with Crippen LogP contribution in [0.3, 0.4) is 0 Å². The van der Waals surface area contributed by atoms with Gasteiger partial charge in [-0.25, -0.2) is 0 Å². The molecule has 1 fully saturated rings. The Balaban J connectivity index is 1.53. The van der Waals surface area contributed by atoms with Crippen molar-refractivity contribution in [3.05, 3.63) is 51.7 Å². The molecular formula is C18H23NOS. The fourth-order valence-corrected chi connectivity index (χ4v) is 3.93. The summed E-state index contributed by atoms with van der Waals surface area (Å²) in [4.78, 5) is 2.83. The van der Waals surface area contributed by atoms with Crippen molar-refractivity contribution in [2.45, 2.75) is 44.7 Å². The Morgan fingerprint density at radius 3 is 2.71 bits per heavy atom. The lowest BCUT2D eigenvalue weighted by Gasteiger charge is -2.38. The maximum atomic E-state index is 5.31. The molecule has 3 rings (SSSR count). The monoisotopic (exact) mass is 301 g/mol. The number of thiophene rings is 1. The predicted octanol–water partition coefficient (Wildman–Crippen LogP) is 4.66. The molecule has 1 aliphatic rings. The van der Waals surface area contributed by atoms with Crippen molar-refractivity contribution in [3.63, 3.8) is 0 Å². The first kappa shape index (κ1) is 14.6. The minimum absolute atomic E-state index is 0.458. The summed E-state index contributed by atoms with van der Waals surface area (Å²) in [5, 5.41) is 3.75. The zero-order valence-corrected chi connectivity index (χ0v) is 13.7. The van der Waals surface area contributed by atoms with Crippen LogP contribution in [0.25, 0.3) is 0 Å². The molecule has 0 saturated heterocycles. The molecule has 112 valence electrons. The number of rotatable bonds is 5. The summed E-state index contributed by atoms with van der Waals surface area (Å²) >= 11 is 1.90. The molecule has 0 bridgehead atoms. The second-order valence-corrected chi connectivity index (χ2v) is 7.30. The average Bonchev–Trinajstić information content (AvgIpc) is 2.89. The van der Waals surface area contributed by atoms with Gasteiger partial charge in [-0.3, -0.25) is 0 Å². The van der Waals surface area contributed by atoms with Gasteiger partial charge in [0.25, 0.3) is 0 Å². The topological polar surface area (TPSA) is 21.3 Å². The summed E-state index contributed by atoms with van der Waals surface area (Å²) < 4.78 is 5.31. The van der Waals surface area contributed by atoms with Crippen molar-refractivity contribution in [2.24, 2.45) is 0 Å². The molecule has 1 saturated carbocycles. The van der Waals surface area contributed by atoms with Gasteiger partial charge in [-0.1, -0.05) is 12.1 Å². The lowest BCUT2D eigenvalue weighted by molar-refractivity contribution is 0.271. The molecule has 1 unspecified atom stereocenters. The van der Waals surface area contributed by atoms with Gasteiger partial charge in [-0.15, -0.1) is 11.3 Å². The highest BCUT2D eigenvalue weighted by atomic mass is 32.1. The van der Waals surface area contributed by atoms with Crippen LogP contribution in [0.2, 0.25) is 0 Å². The molecule has 2 aromatic rings. The molecule has 0 amide bonds. The van der Waals surface area contributed by atoms with E-state index in [1.807, 2.05) is 17.4 Å². The van der Waals surface area contributed by atoms with Gasteiger partial charge in [-0.05, 0) is 62.4 Å². The van der Waals surface area contributed by atoms with E-state index < -0.39 is 0 Å². The van der Waals surface area contributed by atoms with Gasteiger partial charge in [0.15, 0.2) is 0 Å². The Hall–Kier alpha value is -1.32. The Bertz CT molecular complexity index is 601. The number of nitrogens with one attached hydrogen (secondary N) is 1. The molecule has 0 aliphatic heterocycles. The molecule has 1 atom stereocenters. The number of aryl methyl sites for hydroxylation is 1. The molecule has 3 heteroatoms. The molecule has 1 aromatic carbocycles. The smallest absolute Gasteiger partial charge is 0.119 e. The first-order chi connectivity index (χ1) is 10.2. The maximum absolute atomic E-state index is 5.31. The number of benzene rings is 1. The van der Waals surface area contributed by atoms with E-state index >= 15 is 0 Å². The highest BCUT2D eigenvalue weighted by molar-refractivity contribution is 7.12. The number of hydrogen-bond donors (Lipinski definition) is 1. The van der Waals surface area contributed by atoms with Gasteiger partial charge in [-0.2, -0.15) is 0 Å². The fraction of sp³-hybridized carbons (Fsp3) is 0.444. The minimum Gasteiger partial charge on any atom is -0.497 e. The van der Waals surface area contributed by atoms with E-state index in [9.17, 15) is 0 Å². The van der Waals surface area contributed by atoms with Crippen LogP contribution < -0.4 is 10.1 Å². The van der Waals surface area contributed by atoms with Crippen molar-refractivity contribution in [3.8, 4) is 5.75 Å². The van der Waals surface area contributed by atoms with Crippen molar-refractivity contribution in [2.75, 3.05) is 7.11 Å². The zero-order chi connectivity index (χ0) is 14.8. The molecular weight excluding hydrogens is 278 g/mol. The van der Waals surface area contributed by atoms with Crippen molar-refractivity contribution < 1.29 is 4.74 Å². The quantitative estimate of drug-likeness (QED) is 0.867. The molecule has 21 heavy (non-hydrogen) atoms. The standard InChI is InChI=1S/C18H23NOS/c1-12-7-8-18(21-12)13(2)19-16-9-15(10-16)14-5-4-6-17(11-14)20-3/h4-8,11,13,15-16,19H,9-10H2,1-3H3. The van der Waals surface area contributed by atoms with Crippen molar-refractivity contribution in [1.82, 2.24) is 5.32 Å². The van der Waals surface area contributed by atoms with Crippen LogP contribution in [0.5, 0.6) is 5.75 Å². The molecule has 2 nitrogen and oxygen atoms in total. The fourth-order valence-electron chi connectivity index (χ4n) is 3.04. The summed E-state index contributed by atoms with van der Waals surface area (Å²) in [5.74, 6) is 1.64. The van der Waals surface area contributed by atoms with Gasteiger partial charge < -0.3 is 10.1 Å². The summed E-state index contributed by atoms with van der Waals surface area (Å²) in [6, 6.07) is 14.0. The average molecular weight is 301 g/mol. The highest BCUT2D eigenvalue weighted by Crippen LogP contribution is 2.39. The highest BCUT2D eigenvalue weighted by Gasteiger charge is 2.31. The van der Waals surface area contributed by atoms with Gasteiger partial charge in [0.05, 0.1) is 7.11 Å². The van der Waals surface area contributed by atoms with Crippen molar-refractivity contribution in [1.29, 1.82) is 0 Å². The molecule has 0 spiro atoms. The third-order valence-electron chi connectivity index (χ3n) is 4.38. The molecule has 1 aliphatic carbocycles. The summed E-state index contributed by atoms with van der Waals surface area (Å²) in [6.07, 6.45) is 2.45. The number of methoxy groups -OCH3 is 1. The Kier molecular flexibility index (Phi) is 4.32. The van der Waals surface area contributed by atoms with Crippen LogP contribution in [0, 0.1) is 6.92 Å². The van der Waals surface area contributed by atoms with E-state index in [1.165, 1.54) is 28.2 Å². The second-order valence-electron chi connectivity index (χ2n) is 5.98. The normalized spacial score (nSPS) is 22.6. The van der Waals surface area contributed by atoms with E-state index in [-0.39, 0.29) is 0 Å². The van der Waals surface area contributed by atoms with E-state index in [0.29, 0.717) is 18.0 Å². The largest absolute Gasteiger partial charge is 0.497 e. The first-order valence-corrected chi connectivity index (χ1v) is 8.43. The third kappa shape index (κ3) is 3.30. The molecule has 1 heterocycles. The summed E-state index contributed by atoms with van der Waals surface area (Å²) in [6.45, 7) is 4.44. The lowest BCUT2D eigenvalue weighted by Crippen LogP contribution is -2.41. The van der Waals surface area contributed by atoms with E-state index in [4.69, 9.17) is 4.74 Å².